The number of nitrogens with zero attached hydrogens (tertiary/aromatic N) is 2. The molecule has 2 heterocycles. The molecule has 22 heavy (non-hydrogen) atoms. The molecule has 0 aromatic carbocycles. The van der Waals surface area contributed by atoms with E-state index in [9.17, 15) is 13.2 Å². The molecule has 1 amide bonds. The number of sulfonamides is 1. The Labute approximate surface area is 134 Å². The number of carbonyl (C=O) groups excluding carboxylic acids is 1. The van der Waals surface area contributed by atoms with Crippen molar-refractivity contribution in [1.82, 2.24) is 14.6 Å². The van der Waals surface area contributed by atoms with Crippen molar-refractivity contribution >= 4 is 27.3 Å². The second kappa shape index (κ2) is 7.49. The third-order valence-electron chi connectivity index (χ3n) is 3.52. The van der Waals surface area contributed by atoms with Crippen LogP contribution in [0.1, 0.15) is 17.0 Å². The molecule has 124 valence electrons. The van der Waals surface area contributed by atoms with Crippen LogP contribution >= 0.6 is 11.3 Å². The maximum absolute atomic E-state index is 11.9. The van der Waals surface area contributed by atoms with E-state index in [1.807, 2.05) is 6.92 Å². The summed E-state index contributed by atoms with van der Waals surface area (Å²) in [5.41, 5.74) is 2.75. The van der Waals surface area contributed by atoms with Crippen LogP contribution in [0.4, 0.5) is 0 Å². The van der Waals surface area contributed by atoms with Crippen molar-refractivity contribution in [3.8, 4) is 0 Å². The number of aryl methyl sites for hydroxylation is 2. The Morgan fingerprint density at radius 1 is 1.59 bits per heavy atom. The summed E-state index contributed by atoms with van der Waals surface area (Å²) in [6.45, 7) is 3.26. The number of carbonyl (C=O) groups is 1. The fourth-order valence-corrected chi connectivity index (χ4v) is 3.85. The number of rotatable bonds is 6. The third kappa shape index (κ3) is 5.01. The quantitative estimate of drug-likeness (QED) is 0.792. The summed E-state index contributed by atoms with van der Waals surface area (Å²) in [7, 11) is -3.21. The summed E-state index contributed by atoms with van der Waals surface area (Å²) in [5, 5.41) is 2.81. The molecule has 0 radical (unpaired) electrons. The highest BCUT2D eigenvalue weighted by molar-refractivity contribution is 7.88. The molecule has 0 spiro atoms. The maximum Gasteiger partial charge on any atom is 0.220 e. The topological polar surface area (TPSA) is 88.6 Å². The van der Waals surface area contributed by atoms with E-state index in [2.05, 4.69) is 10.3 Å². The third-order valence-corrected chi connectivity index (χ3v) is 5.79. The minimum Gasteiger partial charge on any atom is -0.374 e. The van der Waals surface area contributed by atoms with E-state index in [-0.39, 0.29) is 18.6 Å². The molecule has 9 heteroatoms. The van der Waals surface area contributed by atoms with Crippen LogP contribution in [0.2, 0.25) is 0 Å². The summed E-state index contributed by atoms with van der Waals surface area (Å²) >= 11 is 1.55. The van der Waals surface area contributed by atoms with Gasteiger partial charge in [0.15, 0.2) is 0 Å². The van der Waals surface area contributed by atoms with Crippen molar-refractivity contribution in [2.75, 3.05) is 32.5 Å². The van der Waals surface area contributed by atoms with Crippen LogP contribution in [0.25, 0.3) is 0 Å². The van der Waals surface area contributed by atoms with Crippen molar-refractivity contribution in [1.29, 1.82) is 0 Å². The van der Waals surface area contributed by atoms with E-state index in [4.69, 9.17) is 4.74 Å². The minimum atomic E-state index is -3.21. The fourth-order valence-electron chi connectivity index (χ4n) is 2.23. The lowest BCUT2D eigenvalue weighted by Gasteiger charge is -2.31. The summed E-state index contributed by atoms with van der Waals surface area (Å²) in [4.78, 5) is 17.1. The van der Waals surface area contributed by atoms with Gasteiger partial charge in [0.05, 0.1) is 30.2 Å². The van der Waals surface area contributed by atoms with E-state index in [1.165, 1.54) is 10.6 Å². The van der Waals surface area contributed by atoms with Gasteiger partial charge in [0.25, 0.3) is 0 Å². The highest BCUT2D eigenvalue weighted by Crippen LogP contribution is 2.14. The zero-order valence-electron chi connectivity index (χ0n) is 12.7. The average Bonchev–Trinajstić information content (AvgIpc) is 2.88. The summed E-state index contributed by atoms with van der Waals surface area (Å²) in [5.74, 6) is -0.0621. The van der Waals surface area contributed by atoms with Gasteiger partial charge in [-0.2, -0.15) is 4.31 Å². The molecule has 1 aliphatic rings. The van der Waals surface area contributed by atoms with Crippen molar-refractivity contribution < 1.29 is 17.9 Å². The zero-order chi connectivity index (χ0) is 16.2. The van der Waals surface area contributed by atoms with Crippen LogP contribution < -0.4 is 5.32 Å². The molecular formula is C13H21N3O4S2. The first-order valence-corrected chi connectivity index (χ1v) is 9.81. The van der Waals surface area contributed by atoms with Crippen molar-refractivity contribution in [3.05, 3.63) is 16.1 Å². The molecule has 1 aromatic rings. The highest BCUT2D eigenvalue weighted by Gasteiger charge is 2.26. The fraction of sp³-hybridized carbons (Fsp3) is 0.692. The molecule has 2 rings (SSSR count). The van der Waals surface area contributed by atoms with Crippen LogP contribution in [0.3, 0.4) is 0 Å². The van der Waals surface area contributed by atoms with Crippen LogP contribution in [0, 0.1) is 6.92 Å². The number of hydrogen-bond donors (Lipinski definition) is 1. The number of hydrogen-bond acceptors (Lipinski definition) is 6. The molecule has 1 saturated heterocycles. The Bertz CT molecular complexity index is 615. The van der Waals surface area contributed by atoms with E-state index >= 15 is 0 Å². The number of nitrogens with one attached hydrogen (secondary N) is 1. The summed E-state index contributed by atoms with van der Waals surface area (Å²) in [6, 6.07) is 0. The molecule has 7 nitrogen and oxygen atoms in total. The lowest BCUT2D eigenvalue weighted by atomic mass is 10.2. The molecule has 0 unspecified atom stereocenters. The average molecular weight is 347 g/mol. The molecule has 0 bridgehead atoms. The molecular weight excluding hydrogens is 326 g/mol. The number of morpholine rings is 1. The largest absolute Gasteiger partial charge is 0.374 e. The Morgan fingerprint density at radius 2 is 2.36 bits per heavy atom. The van der Waals surface area contributed by atoms with Crippen molar-refractivity contribution in [2.24, 2.45) is 0 Å². The highest BCUT2D eigenvalue weighted by atomic mass is 32.2. The van der Waals surface area contributed by atoms with Gasteiger partial charge in [-0.25, -0.2) is 13.4 Å². The molecule has 1 aliphatic heterocycles. The predicted octanol–water partition coefficient (Wildman–Crippen LogP) is 0.161. The predicted molar refractivity (Wildman–Crippen MR) is 84.3 cm³/mol. The van der Waals surface area contributed by atoms with Gasteiger partial charge >= 0.3 is 0 Å². The Hall–Kier alpha value is -1.03. The van der Waals surface area contributed by atoms with Crippen LogP contribution in [0.5, 0.6) is 0 Å². The van der Waals surface area contributed by atoms with Crippen molar-refractivity contribution in [2.45, 2.75) is 25.9 Å². The standard InChI is InChI=1S/C13H21N3O4S2/c1-10-12(21-9-15-10)3-4-13(17)14-7-11-8-16(5-6-20-11)22(2,18)19/h9,11H,3-8H2,1-2H3,(H,14,17)/t11-/m1/s1. The monoisotopic (exact) mass is 347 g/mol. The molecule has 1 atom stereocenters. The molecule has 0 saturated carbocycles. The number of ether oxygens (including phenoxy) is 1. The SMILES string of the molecule is Cc1ncsc1CCC(=O)NC[C@@H]1CN(S(C)(=O)=O)CCO1. The van der Waals surface area contributed by atoms with Crippen LogP contribution in [-0.2, 0) is 26.0 Å². The molecule has 0 aliphatic carbocycles. The second-order valence-electron chi connectivity index (χ2n) is 5.28. The normalized spacial score (nSPS) is 20.0. The second-order valence-corrected chi connectivity index (χ2v) is 8.20. The lowest BCUT2D eigenvalue weighted by molar-refractivity contribution is -0.122. The van der Waals surface area contributed by atoms with Gasteiger partial charge in [0.1, 0.15) is 0 Å². The van der Waals surface area contributed by atoms with Crippen molar-refractivity contribution in [3.63, 3.8) is 0 Å². The molecule has 1 fully saturated rings. The number of thiazole rings is 1. The minimum absolute atomic E-state index is 0.0621. The van der Waals surface area contributed by atoms with Gasteiger partial charge in [-0.05, 0) is 13.3 Å². The zero-order valence-corrected chi connectivity index (χ0v) is 14.4. The number of aromatic nitrogens is 1. The van der Waals surface area contributed by atoms with E-state index < -0.39 is 10.0 Å². The maximum atomic E-state index is 11.9. The summed E-state index contributed by atoms with van der Waals surface area (Å²) in [6.07, 6.45) is 1.96. The van der Waals surface area contributed by atoms with Gasteiger partial charge in [-0.15, -0.1) is 11.3 Å². The van der Waals surface area contributed by atoms with Crippen LogP contribution in [0.15, 0.2) is 5.51 Å². The van der Waals surface area contributed by atoms with Gasteiger partial charge in [0.2, 0.25) is 15.9 Å². The first kappa shape index (κ1) is 17.3. The first-order chi connectivity index (χ1) is 10.4. The van der Waals surface area contributed by atoms with E-state index in [0.717, 1.165) is 10.6 Å². The van der Waals surface area contributed by atoms with Crippen LogP contribution in [-0.4, -0.2) is 62.2 Å². The first-order valence-electron chi connectivity index (χ1n) is 7.08. The Balaban J connectivity index is 1.73. The smallest absolute Gasteiger partial charge is 0.220 e. The Kier molecular flexibility index (Phi) is 5.90. The molecule has 1 N–H and O–H groups in total. The van der Waals surface area contributed by atoms with Gasteiger partial charge in [0, 0.05) is 30.9 Å². The lowest BCUT2D eigenvalue weighted by Crippen LogP contribution is -2.49. The summed E-state index contributed by atoms with van der Waals surface area (Å²) < 4.78 is 29.9. The number of amides is 1. The van der Waals surface area contributed by atoms with Gasteiger partial charge < -0.3 is 10.1 Å². The van der Waals surface area contributed by atoms with E-state index in [1.54, 1.807) is 16.8 Å². The Morgan fingerprint density at radius 3 is 3.00 bits per heavy atom. The van der Waals surface area contributed by atoms with Gasteiger partial charge in [-0.1, -0.05) is 0 Å². The molecule has 1 aromatic heterocycles. The van der Waals surface area contributed by atoms with E-state index in [0.29, 0.717) is 32.5 Å². The van der Waals surface area contributed by atoms with Gasteiger partial charge in [-0.3, -0.25) is 4.79 Å².